The molecule has 1 atom stereocenters. The van der Waals surface area contributed by atoms with Gasteiger partial charge in [0.25, 0.3) is 5.91 Å². The van der Waals surface area contributed by atoms with Crippen LogP contribution >= 0.6 is 15.9 Å². The minimum Gasteiger partial charge on any atom is -0.345 e. The van der Waals surface area contributed by atoms with Gasteiger partial charge in [0.2, 0.25) is 5.82 Å². The second-order valence-electron chi connectivity index (χ2n) is 4.64. The summed E-state index contributed by atoms with van der Waals surface area (Å²) in [5.74, 6) is -1.48. The van der Waals surface area contributed by atoms with Gasteiger partial charge in [-0.25, -0.2) is 0 Å². The minimum absolute atomic E-state index is 0.0343. The van der Waals surface area contributed by atoms with Gasteiger partial charge in [-0.05, 0) is 30.7 Å². The van der Waals surface area contributed by atoms with Gasteiger partial charge in [-0.15, -0.1) is 0 Å². The Bertz CT molecular complexity index is 736. The Labute approximate surface area is 134 Å². The van der Waals surface area contributed by atoms with Crippen LogP contribution in [-0.4, -0.2) is 10.8 Å². The van der Waals surface area contributed by atoms with E-state index in [9.17, 15) is 19.3 Å². The second kappa shape index (κ2) is 6.65. The zero-order chi connectivity index (χ0) is 16.3. The average molecular weight is 367 g/mol. The fourth-order valence-corrected chi connectivity index (χ4v) is 2.61. The lowest BCUT2D eigenvalue weighted by Crippen LogP contribution is -2.27. The number of halogens is 2. The molecule has 0 unspecified atom stereocenters. The molecule has 0 saturated heterocycles. The van der Waals surface area contributed by atoms with Gasteiger partial charge in [0.15, 0.2) is 0 Å². The van der Waals surface area contributed by atoms with Crippen molar-refractivity contribution in [2.45, 2.75) is 13.0 Å². The smallest absolute Gasteiger partial charge is 0.305 e. The monoisotopic (exact) mass is 366 g/mol. The van der Waals surface area contributed by atoms with Gasteiger partial charge < -0.3 is 5.32 Å². The number of hydrogen-bond acceptors (Lipinski definition) is 3. The molecule has 0 bridgehead atoms. The van der Waals surface area contributed by atoms with Crippen LogP contribution in [0.5, 0.6) is 0 Å². The lowest BCUT2D eigenvalue weighted by atomic mass is 10.1. The van der Waals surface area contributed by atoms with Crippen molar-refractivity contribution in [3.8, 4) is 0 Å². The Morgan fingerprint density at radius 3 is 2.64 bits per heavy atom. The van der Waals surface area contributed by atoms with Crippen molar-refractivity contribution in [3.63, 3.8) is 0 Å². The highest BCUT2D eigenvalue weighted by molar-refractivity contribution is 9.10. The Balaban J connectivity index is 2.21. The molecule has 1 amide bonds. The van der Waals surface area contributed by atoms with Crippen LogP contribution in [0.3, 0.4) is 0 Å². The van der Waals surface area contributed by atoms with Gasteiger partial charge in [0.05, 0.1) is 11.0 Å². The SMILES string of the molecule is C[C@H](NC(=O)c1ccc(F)c([N+](=O)[O-])c1)c1ccccc1Br. The maximum atomic E-state index is 13.3. The molecule has 0 radical (unpaired) electrons. The normalized spacial score (nSPS) is 11.8. The van der Waals surface area contributed by atoms with E-state index in [1.165, 1.54) is 6.07 Å². The second-order valence-corrected chi connectivity index (χ2v) is 5.49. The molecule has 0 saturated carbocycles. The Hall–Kier alpha value is -2.28. The molecule has 5 nitrogen and oxygen atoms in total. The number of rotatable bonds is 4. The highest BCUT2D eigenvalue weighted by Gasteiger charge is 2.19. The van der Waals surface area contributed by atoms with Crippen LogP contribution < -0.4 is 5.32 Å². The number of nitrogens with zero attached hydrogens (tertiary/aromatic N) is 1. The van der Waals surface area contributed by atoms with Crippen molar-refractivity contribution in [1.29, 1.82) is 0 Å². The predicted molar refractivity (Wildman–Crippen MR) is 83.1 cm³/mol. The molecular formula is C15H12BrFN2O3. The van der Waals surface area contributed by atoms with Crippen LogP contribution in [0.2, 0.25) is 0 Å². The van der Waals surface area contributed by atoms with E-state index in [0.29, 0.717) is 0 Å². The molecule has 114 valence electrons. The van der Waals surface area contributed by atoms with Gasteiger partial charge >= 0.3 is 5.69 Å². The zero-order valence-corrected chi connectivity index (χ0v) is 13.1. The Morgan fingerprint density at radius 1 is 1.32 bits per heavy atom. The van der Waals surface area contributed by atoms with E-state index in [2.05, 4.69) is 21.2 Å². The van der Waals surface area contributed by atoms with E-state index >= 15 is 0 Å². The van der Waals surface area contributed by atoms with Crippen molar-refractivity contribution in [2.24, 2.45) is 0 Å². The van der Waals surface area contributed by atoms with E-state index in [0.717, 1.165) is 22.2 Å². The Kier molecular flexibility index (Phi) is 4.87. The fraction of sp³-hybridized carbons (Fsp3) is 0.133. The summed E-state index contributed by atoms with van der Waals surface area (Å²) < 4.78 is 14.1. The van der Waals surface area contributed by atoms with Gasteiger partial charge in [0, 0.05) is 16.1 Å². The first-order valence-corrected chi connectivity index (χ1v) is 7.18. The van der Waals surface area contributed by atoms with E-state index in [-0.39, 0.29) is 11.6 Å². The quantitative estimate of drug-likeness (QED) is 0.656. The Morgan fingerprint density at radius 2 is 2.00 bits per heavy atom. The number of nitrogens with one attached hydrogen (secondary N) is 1. The summed E-state index contributed by atoms with van der Waals surface area (Å²) in [6.07, 6.45) is 0. The van der Waals surface area contributed by atoms with Gasteiger partial charge in [-0.3, -0.25) is 14.9 Å². The maximum Gasteiger partial charge on any atom is 0.305 e. The third-order valence-corrected chi connectivity index (χ3v) is 3.85. The standard InChI is InChI=1S/C15H12BrFN2O3/c1-9(11-4-2-3-5-12(11)16)18-15(20)10-6-7-13(17)14(8-10)19(21)22/h2-9H,1H3,(H,18,20)/t9-/m0/s1. The summed E-state index contributed by atoms with van der Waals surface area (Å²) in [5.41, 5.74) is 0.181. The summed E-state index contributed by atoms with van der Waals surface area (Å²) in [5, 5.41) is 13.4. The summed E-state index contributed by atoms with van der Waals surface area (Å²) in [6, 6.07) is 10.1. The first kappa shape index (κ1) is 16.1. The lowest BCUT2D eigenvalue weighted by Gasteiger charge is -2.15. The van der Waals surface area contributed by atoms with Crippen molar-refractivity contribution in [3.05, 3.63) is 74.0 Å². The predicted octanol–water partition coefficient (Wildman–Crippen LogP) is 3.99. The van der Waals surface area contributed by atoms with E-state index in [1.807, 2.05) is 24.3 Å². The first-order valence-electron chi connectivity index (χ1n) is 6.39. The molecule has 2 aromatic rings. The molecule has 22 heavy (non-hydrogen) atoms. The molecule has 0 aliphatic carbocycles. The highest BCUT2D eigenvalue weighted by atomic mass is 79.9. The van der Waals surface area contributed by atoms with Crippen LogP contribution in [0.15, 0.2) is 46.9 Å². The third-order valence-electron chi connectivity index (χ3n) is 3.12. The van der Waals surface area contributed by atoms with Crippen molar-refractivity contribution in [2.75, 3.05) is 0 Å². The number of hydrogen-bond donors (Lipinski definition) is 1. The molecule has 7 heteroatoms. The summed E-state index contributed by atoms with van der Waals surface area (Å²) in [4.78, 5) is 22.0. The van der Waals surface area contributed by atoms with Crippen molar-refractivity contribution >= 4 is 27.5 Å². The van der Waals surface area contributed by atoms with Crippen molar-refractivity contribution in [1.82, 2.24) is 5.32 Å². The zero-order valence-electron chi connectivity index (χ0n) is 11.5. The molecule has 0 aliphatic heterocycles. The van der Waals surface area contributed by atoms with Crippen LogP contribution in [-0.2, 0) is 0 Å². The van der Waals surface area contributed by atoms with Crippen LogP contribution in [0.4, 0.5) is 10.1 Å². The number of nitro groups is 1. The third kappa shape index (κ3) is 3.48. The number of carbonyl (C=O) groups excluding carboxylic acids is 1. The molecule has 0 spiro atoms. The number of carbonyl (C=O) groups is 1. The van der Waals surface area contributed by atoms with E-state index in [4.69, 9.17) is 0 Å². The topological polar surface area (TPSA) is 72.2 Å². The van der Waals surface area contributed by atoms with E-state index in [1.54, 1.807) is 6.92 Å². The molecule has 0 aromatic heterocycles. The molecule has 1 N–H and O–H groups in total. The number of nitro benzene ring substituents is 1. The average Bonchev–Trinajstić information content (AvgIpc) is 2.47. The summed E-state index contributed by atoms with van der Waals surface area (Å²) in [7, 11) is 0. The largest absolute Gasteiger partial charge is 0.345 e. The number of benzene rings is 2. The van der Waals surface area contributed by atoms with Gasteiger partial charge in [-0.2, -0.15) is 4.39 Å². The lowest BCUT2D eigenvalue weighted by molar-refractivity contribution is -0.387. The summed E-state index contributed by atoms with van der Waals surface area (Å²) in [6.45, 7) is 1.79. The fourth-order valence-electron chi connectivity index (χ4n) is 1.98. The van der Waals surface area contributed by atoms with Gasteiger partial charge in [0.1, 0.15) is 0 Å². The summed E-state index contributed by atoms with van der Waals surface area (Å²) >= 11 is 3.39. The van der Waals surface area contributed by atoms with Crippen LogP contribution in [0.25, 0.3) is 0 Å². The molecule has 2 rings (SSSR count). The molecule has 0 heterocycles. The van der Waals surface area contributed by atoms with Gasteiger partial charge in [-0.1, -0.05) is 34.1 Å². The molecule has 0 fully saturated rings. The van der Waals surface area contributed by atoms with Crippen LogP contribution in [0.1, 0.15) is 28.9 Å². The molecular weight excluding hydrogens is 355 g/mol. The van der Waals surface area contributed by atoms with Crippen LogP contribution in [0, 0.1) is 15.9 Å². The molecule has 2 aromatic carbocycles. The van der Waals surface area contributed by atoms with E-state index < -0.39 is 22.3 Å². The van der Waals surface area contributed by atoms with Crippen molar-refractivity contribution < 1.29 is 14.1 Å². The minimum atomic E-state index is -0.972. The maximum absolute atomic E-state index is 13.3. The first-order chi connectivity index (χ1) is 10.4. The highest BCUT2D eigenvalue weighted by Crippen LogP contribution is 2.24. The molecule has 0 aliphatic rings. The number of amides is 1.